The fourth-order valence-electron chi connectivity index (χ4n) is 2.05. The summed E-state index contributed by atoms with van der Waals surface area (Å²) in [5, 5.41) is 3.44. The van der Waals surface area contributed by atoms with E-state index >= 15 is 0 Å². The van der Waals surface area contributed by atoms with E-state index in [1.807, 2.05) is 31.2 Å². The van der Waals surface area contributed by atoms with Gasteiger partial charge in [0.15, 0.2) is 0 Å². The Labute approximate surface area is 127 Å². The molecule has 2 rings (SSSR count). The first-order chi connectivity index (χ1) is 9.85. The first-order valence-electron chi connectivity index (χ1n) is 7.37. The number of hydrogen-bond acceptors (Lipinski definition) is 3. The second-order valence-electron chi connectivity index (χ2n) is 6.48. The molecule has 1 heterocycles. The molecule has 0 saturated heterocycles. The largest absolute Gasteiger partial charge is 0.485 e. The molecule has 0 spiro atoms. The molecule has 0 aliphatic rings. The highest BCUT2D eigenvalue weighted by molar-refractivity contribution is 5.32. The standard InChI is InChI=1S/C18H25NO2/c1-13-8-6-7-9-16(13)20-12-15-10-14(2)17(21-15)11-19-18(3,4)5/h6-10,19H,11-12H2,1-5H3. The van der Waals surface area contributed by atoms with E-state index in [4.69, 9.17) is 9.15 Å². The minimum absolute atomic E-state index is 0.0804. The fourth-order valence-corrected chi connectivity index (χ4v) is 2.05. The van der Waals surface area contributed by atoms with E-state index in [2.05, 4.69) is 39.1 Å². The van der Waals surface area contributed by atoms with E-state index in [1.165, 1.54) is 0 Å². The number of hydrogen-bond donors (Lipinski definition) is 1. The third kappa shape index (κ3) is 4.64. The lowest BCUT2D eigenvalue weighted by Gasteiger charge is -2.19. The van der Waals surface area contributed by atoms with Gasteiger partial charge in [-0.05, 0) is 57.9 Å². The number of nitrogens with one attached hydrogen (secondary N) is 1. The Balaban J connectivity index is 1.97. The quantitative estimate of drug-likeness (QED) is 0.887. The minimum atomic E-state index is 0.0804. The van der Waals surface area contributed by atoms with Gasteiger partial charge in [-0.15, -0.1) is 0 Å². The minimum Gasteiger partial charge on any atom is -0.485 e. The van der Waals surface area contributed by atoms with Gasteiger partial charge in [-0.1, -0.05) is 18.2 Å². The van der Waals surface area contributed by atoms with Crippen LogP contribution in [0.2, 0.25) is 0 Å². The number of ether oxygens (including phenoxy) is 1. The van der Waals surface area contributed by atoms with Crippen LogP contribution in [0, 0.1) is 13.8 Å². The summed E-state index contributed by atoms with van der Waals surface area (Å²) < 4.78 is 11.7. The van der Waals surface area contributed by atoms with E-state index in [-0.39, 0.29) is 5.54 Å². The van der Waals surface area contributed by atoms with Crippen molar-refractivity contribution in [1.29, 1.82) is 0 Å². The smallest absolute Gasteiger partial charge is 0.146 e. The van der Waals surface area contributed by atoms with Crippen LogP contribution in [0.1, 0.15) is 43.4 Å². The molecule has 0 radical (unpaired) electrons. The van der Waals surface area contributed by atoms with Gasteiger partial charge in [-0.3, -0.25) is 0 Å². The number of furan rings is 1. The van der Waals surface area contributed by atoms with Crippen LogP contribution in [0.15, 0.2) is 34.7 Å². The molecule has 1 aromatic heterocycles. The maximum Gasteiger partial charge on any atom is 0.146 e. The predicted molar refractivity (Wildman–Crippen MR) is 85.5 cm³/mol. The molecule has 0 unspecified atom stereocenters. The third-order valence-corrected chi connectivity index (χ3v) is 3.31. The highest BCUT2D eigenvalue weighted by Gasteiger charge is 2.13. The van der Waals surface area contributed by atoms with Gasteiger partial charge >= 0.3 is 0 Å². The van der Waals surface area contributed by atoms with Gasteiger partial charge in [-0.2, -0.15) is 0 Å². The number of para-hydroxylation sites is 1. The molecular weight excluding hydrogens is 262 g/mol. The summed E-state index contributed by atoms with van der Waals surface area (Å²) >= 11 is 0. The van der Waals surface area contributed by atoms with Crippen molar-refractivity contribution in [3.8, 4) is 5.75 Å². The molecule has 3 heteroatoms. The molecule has 114 valence electrons. The normalized spacial score (nSPS) is 11.7. The summed E-state index contributed by atoms with van der Waals surface area (Å²) in [6, 6.07) is 10.1. The Bertz CT molecular complexity index is 594. The molecule has 0 aliphatic carbocycles. The van der Waals surface area contributed by atoms with Crippen LogP contribution in [0.3, 0.4) is 0 Å². The zero-order valence-electron chi connectivity index (χ0n) is 13.6. The molecule has 0 amide bonds. The monoisotopic (exact) mass is 287 g/mol. The van der Waals surface area contributed by atoms with Crippen molar-refractivity contribution in [3.05, 3.63) is 53.0 Å². The van der Waals surface area contributed by atoms with Crippen LogP contribution in [0.5, 0.6) is 5.75 Å². The van der Waals surface area contributed by atoms with Gasteiger partial charge in [-0.25, -0.2) is 0 Å². The lowest BCUT2D eigenvalue weighted by molar-refractivity contribution is 0.261. The van der Waals surface area contributed by atoms with Gasteiger partial charge < -0.3 is 14.5 Å². The molecule has 0 saturated carbocycles. The molecule has 1 N–H and O–H groups in total. The number of rotatable bonds is 5. The average molecular weight is 287 g/mol. The van der Waals surface area contributed by atoms with Crippen molar-refractivity contribution >= 4 is 0 Å². The maximum atomic E-state index is 5.88. The molecule has 0 fully saturated rings. The summed E-state index contributed by atoms with van der Waals surface area (Å²) in [4.78, 5) is 0. The summed E-state index contributed by atoms with van der Waals surface area (Å²) in [6.45, 7) is 11.7. The topological polar surface area (TPSA) is 34.4 Å². The second kappa shape index (κ2) is 6.35. The van der Waals surface area contributed by atoms with Crippen LogP contribution >= 0.6 is 0 Å². The Hall–Kier alpha value is -1.74. The fraction of sp³-hybridized carbons (Fsp3) is 0.444. The zero-order valence-corrected chi connectivity index (χ0v) is 13.6. The highest BCUT2D eigenvalue weighted by Crippen LogP contribution is 2.20. The third-order valence-electron chi connectivity index (χ3n) is 3.31. The predicted octanol–water partition coefficient (Wildman–Crippen LogP) is 4.36. The molecule has 3 nitrogen and oxygen atoms in total. The van der Waals surface area contributed by atoms with Crippen LogP contribution in [0.25, 0.3) is 0 Å². The summed E-state index contributed by atoms with van der Waals surface area (Å²) in [5.74, 6) is 2.75. The second-order valence-corrected chi connectivity index (χ2v) is 6.48. The Kier molecular flexibility index (Phi) is 4.73. The summed E-state index contributed by atoms with van der Waals surface area (Å²) in [7, 11) is 0. The molecule has 0 bridgehead atoms. The highest BCUT2D eigenvalue weighted by atomic mass is 16.5. The van der Waals surface area contributed by atoms with Gasteiger partial charge in [0.1, 0.15) is 23.9 Å². The van der Waals surface area contributed by atoms with E-state index in [9.17, 15) is 0 Å². The first kappa shape index (κ1) is 15.6. The van der Waals surface area contributed by atoms with Crippen molar-refractivity contribution in [2.75, 3.05) is 0 Å². The average Bonchev–Trinajstić information content (AvgIpc) is 2.75. The molecule has 0 atom stereocenters. The van der Waals surface area contributed by atoms with Crippen LogP contribution in [-0.4, -0.2) is 5.54 Å². The van der Waals surface area contributed by atoms with Crippen LogP contribution in [0.4, 0.5) is 0 Å². The zero-order chi connectivity index (χ0) is 15.5. The number of benzene rings is 1. The van der Waals surface area contributed by atoms with E-state index < -0.39 is 0 Å². The Morgan fingerprint density at radius 3 is 2.48 bits per heavy atom. The van der Waals surface area contributed by atoms with E-state index in [0.717, 1.165) is 34.9 Å². The van der Waals surface area contributed by atoms with Gasteiger partial charge in [0.05, 0.1) is 6.54 Å². The lowest BCUT2D eigenvalue weighted by atomic mass is 10.1. The molecule has 0 aliphatic heterocycles. The number of aryl methyl sites for hydroxylation is 2. The first-order valence-corrected chi connectivity index (χ1v) is 7.37. The van der Waals surface area contributed by atoms with Crippen molar-refractivity contribution < 1.29 is 9.15 Å². The molecular formula is C18H25NO2. The van der Waals surface area contributed by atoms with E-state index in [0.29, 0.717) is 6.61 Å². The van der Waals surface area contributed by atoms with Crippen molar-refractivity contribution in [2.45, 2.75) is 53.3 Å². The SMILES string of the molecule is Cc1ccccc1OCc1cc(C)c(CNC(C)(C)C)o1. The maximum absolute atomic E-state index is 5.88. The van der Waals surface area contributed by atoms with E-state index in [1.54, 1.807) is 0 Å². The van der Waals surface area contributed by atoms with Crippen molar-refractivity contribution in [3.63, 3.8) is 0 Å². The summed E-state index contributed by atoms with van der Waals surface area (Å²) in [6.07, 6.45) is 0. The van der Waals surface area contributed by atoms with Crippen LogP contribution in [-0.2, 0) is 13.2 Å². The van der Waals surface area contributed by atoms with Crippen molar-refractivity contribution in [2.24, 2.45) is 0 Å². The summed E-state index contributed by atoms with van der Waals surface area (Å²) in [5.41, 5.74) is 2.38. The van der Waals surface area contributed by atoms with Gasteiger partial charge in [0.2, 0.25) is 0 Å². The van der Waals surface area contributed by atoms with Gasteiger partial charge in [0.25, 0.3) is 0 Å². The van der Waals surface area contributed by atoms with Gasteiger partial charge in [0, 0.05) is 5.54 Å². The molecule has 21 heavy (non-hydrogen) atoms. The van der Waals surface area contributed by atoms with Crippen LogP contribution < -0.4 is 10.1 Å². The van der Waals surface area contributed by atoms with Crippen molar-refractivity contribution in [1.82, 2.24) is 5.32 Å². The molecule has 1 aromatic carbocycles. The Morgan fingerprint density at radius 2 is 1.81 bits per heavy atom. The Morgan fingerprint density at radius 1 is 1.10 bits per heavy atom. The lowest BCUT2D eigenvalue weighted by Crippen LogP contribution is -2.35. The molecule has 2 aromatic rings.